The van der Waals surface area contributed by atoms with E-state index in [0.29, 0.717) is 16.4 Å². The zero-order valence-corrected chi connectivity index (χ0v) is 11.3. The number of anilines is 2. The van der Waals surface area contributed by atoms with Crippen molar-refractivity contribution in [3.63, 3.8) is 0 Å². The molecule has 2 amide bonds. The minimum Gasteiger partial charge on any atom is -0.397 e. The molecule has 0 aliphatic heterocycles. The molecule has 0 radical (unpaired) electrons. The first kappa shape index (κ1) is 14.3. The highest BCUT2D eigenvalue weighted by Crippen LogP contribution is 2.35. The molecule has 0 aliphatic carbocycles. The molecule has 18 heavy (non-hydrogen) atoms. The van der Waals surface area contributed by atoms with Crippen LogP contribution in [0.2, 0.25) is 0 Å². The number of carbonyl (C=O) groups is 2. The van der Waals surface area contributed by atoms with Gasteiger partial charge in [-0.2, -0.15) is 0 Å². The Morgan fingerprint density at radius 1 is 1.39 bits per heavy atom. The highest BCUT2D eigenvalue weighted by molar-refractivity contribution is 7.19. The third-order valence-electron chi connectivity index (χ3n) is 2.44. The Morgan fingerprint density at radius 3 is 2.56 bits per heavy atom. The molecule has 6 N–H and O–H groups in total. The molecule has 0 aliphatic rings. The second-order valence-corrected chi connectivity index (χ2v) is 4.79. The van der Waals surface area contributed by atoms with Gasteiger partial charge in [-0.25, -0.2) is 0 Å². The lowest BCUT2D eigenvalue weighted by atomic mass is 10.2. The number of hydrogen-bond donors (Lipinski definition) is 4. The zero-order valence-electron chi connectivity index (χ0n) is 10.5. The van der Waals surface area contributed by atoms with Gasteiger partial charge in [0.2, 0.25) is 0 Å². The van der Waals surface area contributed by atoms with Crippen molar-refractivity contribution >= 4 is 33.8 Å². The van der Waals surface area contributed by atoms with Gasteiger partial charge in [-0.3, -0.25) is 9.59 Å². The number of rotatable bonds is 6. The summed E-state index contributed by atoms with van der Waals surface area (Å²) in [6.07, 6.45) is 1.99. The standard InChI is InChI=1S/C11H18N4O2S/c1-3-4-5-15-11-6(9(13)16)7(12)8(18-11)10(17)14-2/h15H,3-5,12H2,1-2H3,(H2,13,16)(H,14,17). The van der Waals surface area contributed by atoms with Crippen molar-refractivity contribution in [2.24, 2.45) is 5.73 Å². The van der Waals surface area contributed by atoms with Crippen LogP contribution >= 0.6 is 11.3 Å². The van der Waals surface area contributed by atoms with E-state index in [4.69, 9.17) is 11.5 Å². The number of nitrogens with two attached hydrogens (primary N) is 2. The number of carbonyl (C=O) groups excluding carboxylic acids is 2. The van der Waals surface area contributed by atoms with Crippen LogP contribution in [0.25, 0.3) is 0 Å². The normalized spacial score (nSPS) is 10.1. The first-order valence-electron chi connectivity index (χ1n) is 5.70. The molecule has 7 heteroatoms. The van der Waals surface area contributed by atoms with E-state index < -0.39 is 5.91 Å². The number of thiophene rings is 1. The van der Waals surface area contributed by atoms with Crippen molar-refractivity contribution < 1.29 is 9.59 Å². The average Bonchev–Trinajstić information content (AvgIpc) is 2.66. The van der Waals surface area contributed by atoms with Crippen LogP contribution in [0, 0.1) is 0 Å². The average molecular weight is 270 g/mol. The van der Waals surface area contributed by atoms with Crippen LogP contribution in [0.1, 0.15) is 39.8 Å². The maximum Gasteiger partial charge on any atom is 0.263 e. The quantitative estimate of drug-likeness (QED) is 0.578. The molecule has 0 fully saturated rings. The third kappa shape index (κ3) is 2.92. The molecular weight excluding hydrogens is 252 g/mol. The van der Waals surface area contributed by atoms with Crippen LogP contribution in [-0.4, -0.2) is 25.4 Å². The van der Waals surface area contributed by atoms with E-state index in [1.54, 1.807) is 0 Å². The molecular formula is C11H18N4O2S. The van der Waals surface area contributed by atoms with Gasteiger partial charge in [0.25, 0.3) is 11.8 Å². The molecule has 0 unspecified atom stereocenters. The number of primary amides is 1. The van der Waals surface area contributed by atoms with E-state index in [0.717, 1.165) is 24.2 Å². The molecule has 1 aromatic heterocycles. The second-order valence-electron chi connectivity index (χ2n) is 3.77. The van der Waals surface area contributed by atoms with Crippen LogP contribution in [0.4, 0.5) is 10.7 Å². The molecule has 6 nitrogen and oxygen atoms in total. The highest BCUT2D eigenvalue weighted by Gasteiger charge is 2.23. The predicted molar refractivity (Wildman–Crippen MR) is 74.0 cm³/mol. The van der Waals surface area contributed by atoms with E-state index in [2.05, 4.69) is 17.6 Å². The summed E-state index contributed by atoms with van der Waals surface area (Å²) in [6, 6.07) is 0. The minimum atomic E-state index is -0.627. The van der Waals surface area contributed by atoms with Crippen molar-refractivity contribution in [1.29, 1.82) is 0 Å². The first-order valence-corrected chi connectivity index (χ1v) is 6.52. The van der Waals surface area contributed by atoms with Crippen molar-refractivity contribution in [3.05, 3.63) is 10.4 Å². The Bertz CT molecular complexity index is 456. The van der Waals surface area contributed by atoms with Crippen LogP contribution in [0.3, 0.4) is 0 Å². The molecule has 0 spiro atoms. The van der Waals surface area contributed by atoms with E-state index in [9.17, 15) is 9.59 Å². The Kier molecular flexibility index (Phi) is 4.96. The summed E-state index contributed by atoms with van der Waals surface area (Å²) in [4.78, 5) is 23.3. The maximum atomic E-state index is 11.6. The summed E-state index contributed by atoms with van der Waals surface area (Å²) >= 11 is 1.15. The van der Waals surface area contributed by atoms with Gasteiger partial charge in [0, 0.05) is 13.6 Å². The van der Waals surface area contributed by atoms with Gasteiger partial charge in [0.1, 0.15) is 9.88 Å². The van der Waals surface area contributed by atoms with Gasteiger partial charge in [-0.15, -0.1) is 11.3 Å². The van der Waals surface area contributed by atoms with Crippen LogP contribution < -0.4 is 22.1 Å². The summed E-state index contributed by atoms with van der Waals surface area (Å²) in [7, 11) is 1.51. The van der Waals surface area contributed by atoms with Crippen molar-refractivity contribution in [2.75, 3.05) is 24.6 Å². The van der Waals surface area contributed by atoms with E-state index >= 15 is 0 Å². The number of amides is 2. The molecule has 0 atom stereocenters. The molecule has 100 valence electrons. The van der Waals surface area contributed by atoms with Gasteiger partial charge < -0.3 is 22.1 Å². The summed E-state index contributed by atoms with van der Waals surface area (Å²) in [5.74, 6) is -0.943. The molecule has 1 aromatic rings. The SMILES string of the molecule is CCCCNc1sc(C(=O)NC)c(N)c1C(N)=O. The monoisotopic (exact) mass is 270 g/mol. The fourth-order valence-corrected chi connectivity index (χ4v) is 2.57. The number of hydrogen-bond acceptors (Lipinski definition) is 5. The number of nitrogen functional groups attached to an aromatic ring is 1. The van der Waals surface area contributed by atoms with Crippen molar-refractivity contribution in [1.82, 2.24) is 5.32 Å². The fraction of sp³-hybridized carbons (Fsp3) is 0.455. The van der Waals surface area contributed by atoms with Gasteiger partial charge in [0.15, 0.2) is 0 Å². The van der Waals surface area contributed by atoms with Gasteiger partial charge in [-0.1, -0.05) is 13.3 Å². The van der Waals surface area contributed by atoms with Crippen molar-refractivity contribution in [3.8, 4) is 0 Å². The maximum absolute atomic E-state index is 11.6. The Labute approximate surface area is 110 Å². The predicted octanol–water partition coefficient (Wildman–Crippen LogP) is 1.00. The van der Waals surface area contributed by atoms with Crippen molar-refractivity contribution in [2.45, 2.75) is 19.8 Å². The Morgan fingerprint density at radius 2 is 2.06 bits per heavy atom. The summed E-state index contributed by atoms with van der Waals surface area (Å²) in [5.41, 5.74) is 11.4. The van der Waals surface area contributed by atoms with Crippen LogP contribution in [0.5, 0.6) is 0 Å². The Hall–Kier alpha value is -1.76. The first-order chi connectivity index (χ1) is 8.52. The van der Waals surface area contributed by atoms with Gasteiger partial charge in [-0.05, 0) is 6.42 Å². The molecule has 0 bridgehead atoms. The molecule has 1 heterocycles. The smallest absolute Gasteiger partial charge is 0.263 e. The summed E-state index contributed by atoms with van der Waals surface area (Å²) in [6.45, 7) is 2.78. The Balaban J connectivity index is 3.08. The highest BCUT2D eigenvalue weighted by atomic mass is 32.1. The van der Waals surface area contributed by atoms with Crippen LogP contribution in [-0.2, 0) is 0 Å². The number of nitrogens with one attached hydrogen (secondary N) is 2. The molecule has 0 aromatic carbocycles. The largest absolute Gasteiger partial charge is 0.397 e. The van der Waals surface area contributed by atoms with Gasteiger partial charge >= 0.3 is 0 Å². The lowest BCUT2D eigenvalue weighted by molar-refractivity contribution is 0.0967. The lowest BCUT2D eigenvalue weighted by Crippen LogP contribution is -2.19. The number of unbranched alkanes of at least 4 members (excludes halogenated alkanes) is 1. The topological polar surface area (TPSA) is 110 Å². The summed E-state index contributed by atoms with van der Waals surface area (Å²) in [5, 5.41) is 6.14. The molecule has 0 saturated heterocycles. The third-order valence-corrected chi connectivity index (χ3v) is 3.60. The summed E-state index contributed by atoms with van der Waals surface area (Å²) < 4.78 is 0. The lowest BCUT2D eigenvalue weighted by Gasteiger charge is -2.04. The zero-order chi connectivity index (χ0) is 13.7. The van der Waals surface area contributed by atoms with Crippen LogP contribution in [0.15, 0.2) is 0 Å². The van der Waals surface area contributed by atoms with E-state index in [1.165, 1.54) is 7.05 Å². The van der Waals surface area contributed by atoms with Gasteiger partial charge in [0.05, 0.1) is 11.3 Å². The minimum absolute atomic E-state index is 0.144. The molecule has 0 saturated carbocycles. The van der Waals surface area contributed by atoms with E-state index in [1.807, 2.05) is 0 Å². The molecule has 1 rings (SSSR count). The second kappa shape index (κ2) is 6.25. The fourth-order valence-electron chi connectivity index (χ4n) is 1.47. The van der Waals surface area contributed by atoms with E-state index in [-0.39, 0.29) is 17.2 Å².